The zero-order chi connectivity index (χ0) is 13.0. The van der Waals surface area contributed by atoms with Crippen molar-refractivity contribution in [3.8, 4) is 0 Å². The number of amides is 1. The fourth-order valence-corrected chi connectivity index (χ4v) is 3.04. The highest BCUT2D eigenvalue weighted by Gasteiger charge is 2.28. The van der Waals surface area contributed by atoms with Crippen molar-refractivity contribution >= 4 is 5.91 Å². The minimum Gasteiger partial charge on any atom is -0.356 e. The van der Waals surface area contributed by atoms with E-state index in [2.05, 4.69) is 33.0 Å². The van der Waals surface area contributed by atoms with E-state index in [0.717, 1.165) is 19.4 Å². The molecule has 0 bridgehead atoms. The van der Waals surface area contributed by atoms with Crippen molar-refractivity contribution in [2.24, 2.45) is 29.4 Å². The average molecular weight is 240 g/mol. The topological polar surface area (TPSA) is 55.1 Å². The van der Waals surface area contributed by atoms with E-state index in [-0.39, 0.29) is 17.9 Å². The lowest BCUT2D eigenvalue weighted by atomic mass is 9.84. The van der Waals surface area contributed by atoms with E-state index in [1.807, 2.05) is 0 Å². The highest BCUT2D eigenvalue weighted by Crippen LogP contribution is 2.24. The molecular weight excluding hydrogens is 212 g/mol. The lowest BCUT2D eigenvalue weighted by molar-refractivity contribution is -0.128. The predicted octanol–water partition coefficient (Wildman–Crippen LogP) is 2.16. The molecule has 1 aliphatic rings. The van der Waals surface area contributed by atoms with Crippen LogP contribution < -0.4 is 11.1 Å². The molecule has 0 aromatic carbocycles. The van der Waals surface area contributed by atoms with Crippen molar-refractivity contribution in [3.63, 3.8) is 0 Å². The largest absolute Gasteiger partial charge is 0.356 e. The van der Waals surface area contributed by atoms with Crippen molar-refractivity contribution in [1.29, 1.82) is 0 Å². The van der Waals surface area contributed by atoms with Crippen molar-refractivity contribution in [1.82, 2.24) is 5.32 Å². The third-order valence-corrected chi connectivity index (χ3v) is 4.00. The summed E-state index contributed by atoms with van der Waals surface area (Å²) in [5, 5.41) is 3.10. The normalized spacial score (nSPS) is 24.9. The maximum atomic E-state index is 12.1. The maximum absolute atomic E-state index is 12.1. The molecular formula is C14H28N2O. The fourth-order valence-electron chi connectivity index (χ4n) is 3.04. The molecule has 2 unspecified atom stereocenters. The molecule has 0 saturated heterocycles. The van der Waals surface area contributed by atoms with Crippen LogP contribution in [0.5, 0.6) is 0 Å². The van der Waals surface area contributed by atoms with Gasteiger partial charge in [0, 0.05) is 18.5 Å². The first kappa shape index (κ1) is 14.5. The molecule has 2 atom stereocenters. The van der Waals surface area contributed by atoms with Crippen LogP contribution in [0.15, 0.2) is 0 Å². The van der Waals surface area contributed by atoms with E-state index in [9.17, 15) is 4.79 Å². The first-order chi connectivity index (χ1) is 7.93. The zero-order valence-electron chi connectivity index (χ0n) is 11.7. The van der Waals surface area contributed by atoms with E-state index in [1.165, 1.54) is 6.42 Å². The maximum Gasteiger partial charge on any atom is 0.223 e. The van der Waals surface area contributed by atoms with Crippen LogP contribution in [0.25, 0.3) is 0 Å². The Bertz CT molecular complexity index is 243. The lowest BCUT2D eigenvalue weighted by Gasteiger charge is -2.25. The van der Waals surface area contributed by atoms with E-state index in [1.54, 1.807) is 0 Å². The summed E-state index contributed by atoms with van der Waals surface area (Å²) in [4.78, 5) is 12.1. The number of nitrogens with two attached hydrogens (primary N) is 1. The van der Waals surface area contributed by atoms with Gasteiger partial charge in [0.1, 0.15) is 0 Å². The summed E-state index contributed by atoms with van der Waals surface area (Å²) in [6, 6.07) is 0.284. The highest BCUT2D eigenvalue weighted by molar-refractivity contribution is 5.79. The second-order valence-electron chi connectivity index (χ2n) is 6.11. The van der Waals surface area contributed by atoms with Gasteiger partial charge in [-0.25, -0.2) is 0 Å². The number of nitrogens with one attached hydrogen (secondary N) is 1. The summed E-state index contributed by atoms with van der Waals surface area (Å²) < 4.78 is 0. The Balaban J connectivity index is 2.42. The van der Waals surface area contributed by atoms with Gasteiger partial charge in [-0.2, -0.15) is 0 Å². The molecule has 3 nitrogen and oxygen atoms in total. The van der Waals surface area contributed by atoms with Gasteiger partial charge in [-0.05, 0) is 30.6 Å². The molecule has 0 aliphatic heterocycles. The zero-order valence-corrected chi connectivity index (χ0v) is 11.7. The Labute approximate surface area is 106 Å². The van der Waals surface area contributed by atoms with E-state index >= 15 is 0 Å². The van der Waals surface area contributed by atoms with Crippen molar-refractivity contribution < 1.29 is 4.79 Å². The standard InChI is InChI=1S/C14H28N2O/c1-9(2)13(10(3)4)14(17)16-8-11-6-5-7-12(11)15/h9-13H,5-8,15H2,1-4H3,(H,16,17). The van der Waals surface area contributed by atoms with Gasteiger partial charge in [-0.3, -0.25) is 4.79 Å². The van der Waals surface area contributed by atoms with Crippen molar-refractivity contribution in [2.75, 3.05) is 6.54 Å². The first-order valence-electron chi connectivity index (χ1n) is 6.96. The van der Waals surface area contributed by atoms with Crippen molar-refractivity contribution in [3.05, 3.63) is 0 Å². The molecule has 0 radical (unpaired) electrons. The lowest BCUT2D eigenvalue weighted by Crippen LogP contribution is -2.41. The first-order valence-corrected chi connectivity index (χ1v) is 6.96. The molecule has 1 amide bonds. The SMILES string of the molecule is CC(C)C(C(=O)NCC1CCCC1N)C(C)C. The van der Waals surface area contributed by atoms with Crippen LogP contribution in [0, 0.1) is 23.7 Å². The monoisotopic (exact) mass is 240 g/mol. The Kier molecular flexibility index (Phi) is 5.44. The smallest absolute Gasteiger partial charge is 0.223 e. The van der Waals surface area contributed by atoms with Crippen LogP contribution in [0.4, 0.5) is 0 Å². The molecule has 0 aromatic heterocycles. The Hall–Kier alpha value is -0.570. The summed E-state index contributed by atoms with van der Waals surface area (Å²) in [6.07, 6.45) is 3.48. The Morgan fingerprint density at radius 3 is 2.24 bits per heavy atom. The van der Waals surface area contributed by atoms with Crippen LogP contribution >= 0.6 is 0 Å². The molecule has 1 fully saturated rings. The summed E-state index contributed by atoms with van der Waals surface area (Å²) in [5.74, 6) is 1.60. The summed E-state index contributed by atoms with van der Waals surface area (Å²) in [6.45, 7) is 9.23. The van der Waals surface area contributed by atoms with Crippen LogP contribution in [-0.4, -0.2) is 18.5 Å². The summed E-state index contributed by atoms with van der Waals surface area (Å²) in [7, 11) is 0. The van der Waals surface area contributed by atoms with E-state index in [0.29, 0.717) is 17.8 Å². The molecule has 0 heterocycles. The van der Waals surface area contributed by atoms with Crippen LogP contribution in [0.2, 0.25) is 0 Å². The van der Waals surface area contributed by atoms with Crippen LogP contribution in [0.3, 0.4) is 0 Å². The highest BCUT2D eigenvalue weighted by atomic mass is 16.1. The molecule has 1 aliphatic carbocycles. The molecule has 17 heavy (non-hydrogen) atoms. The predicted molar refractivity (Wildman–Crippen MR) is 71.5 cm³/mol. The molecule has 0 spiro atoms. The number of hydrogen-bond donors (Lipinski definition) is 2. The average Bonchev–Trinajstić information content (AvgIpc) is 2.59. The minimum atomic E-state index is 0.118. The molecule has 3 N–H and O–H groups in total. The number of carbonyl (C=O) groups excluding carboxylic acids is 1. The number of carbonyl (C=O) groups is 1. The van der Waals surface area contributed by atoms with Crippen LogP contribution in [0.1, 0.15) is 47.0 Å². The van der Waals surface area contributed by atoms with Gasteiger partial charge < -0.3 is 11.1 Å². The van der Waals surface area contributed by atoms with Gasteiger partial charge in [0.15, 0.2) is 0 Å². The third kappa shape index (κ3) is 3.98. The van der Waals surface area contributed by atoms with Gasteiger partial charge in [0.05, 0.1) is 0 Å². The van der Waals surface area contributed by atoms with Gasteiger partial charge in [0.2, 0.25) is 5.91 Å². The molecule has 1 saturated carbocycles. The number of rotatable bonds is 5. The van der Waals surface area contributed by atoms with Gasteiger partial charge in [0.25, 0.3) is 0 Å². The molecule has 100 valence electrons. The number of hydrogen-bond acceptors (Lipinski definition) is 2. The molecule has 1 rings (SSSR count). The second kappa shape index (κ2) is 6.39. The minimum absolute atomic E-state index is 0.118. The van der Waals surface area contributed by atoms with Gasteiger partial charge in [-0.15, -0.1) is 0 Å². The molecule has 3 heteroatoms. The summed E-state index contributed by atoms with van der Waals surface area (Å²) in [5.41, 5.74) is 6.01. The Morgan fingerprint density at radius 2 is 1.82 bits per heavy atom. The Morgan fingerprint density at radius 1 is 1.24 bits per heavy atom. The quantitative estimate of drug-likeness (QED) is 0.773. The third-order valence-electron chi connectivity index (χ3n) is 4.00. The second-order valence-corrected chi connectivity index (χ2v) is 6.11. The molecule has 0 aromatic rings. The van der Waals surface area contributed by atoms with Gasteiger partial charge in [-0.1, -0.05) is 34.1 Å². The fraction of sp³-hybridized carbons (Fsp3) is 0.929. The van der Waals surface area contributed by atoms with Crippen LogP contribution in [-0.2, 0) is 4.79 Å². The summed E-state index contributed by atoms with van der Waals surface area (Å²) >= 11 is 0. The van der Waals surface area contributed by atoms with E-state index < -0.39 is 0 Å². The van der Waals surface area contributed by atoms with Gasteiger partial charge >= 0.3 is 0 Å². The van der Waals surface area contributed by atoms with Crippen molar-refractivity contribution in [2.45, 2.75) is 53.0 Å². The van der Waals surface area contributed by atoms with E-state index in [4.69, 9.17) is 5.73 Å².